The number of benzene rings is 1. The molecule has 0 bridgehead atoms. The van der Waals surface area contributed by atoms with Gasteiger partial charge < -0.3 is 24.6 Å². The number of nitrogens with one attached hydrogen (secondary N) is 1. The second-order valence-electron chi connectivity index (χ2n) is 5.08. The number of aliphatic imine (C=N–C) groups is 1. The summed E-state index contributed by atoms with van der Waals surface area (Å²) < 4.78 is 16.9. The van der Waals surface area contributed by atoms with Gasteiger partial charge in [-0.1, -0.05) is 13.0 Å². The Morgan fingerprint density at radius 2 is 2.41 bits per heavy atom. The molecule has 2 unspecified atom stereocenters. The standard InChI is InChI=1S/C15H18N2O5/c1-2-15(13(18)19)14(20-6-7-21-15)22-12-5-3-4-11-10(12)8-16-9-17-11/h3-5,8,14,17H,2,6-7,9H2,1H3,(H,18,19). The zero-order chi connectivity index (χ0) is 15.6. The van der Waals surface area contributed by atoms with Crippen LogP contribution in [0.5, 0.6) is 5.75 Å². The number of fused-ring (bicyclic) bond motifs is 1. The fraction of sp³-hybridized carbons (Fsp3) is 0.467. The smallest absolute Gasteiger partial charge is 0.342 e. The second-order valence-corrected chi connectivity index (χ2v) is 5.08. The number of carboxylic acid groups (broad SMARTS) is 1. The zero-order valence-electron chi connectivity index (χ0n) is 12.2. The van der Waals surface area contributed by atoms with Crippen LogP contribution in [0.1, 0.15) is 18.9 Å². The highest BCUT2D eigenvalue weighted by atomic mass is 16.7. The van der Waals surface area contributed by atoms with E-state index < -0.39 is 17.9 Å². The molecule has 2 N–H and O–H groups in total. The molecular formula is C15H18N2O5. The van der Waals surface area contributed by atoms with E-state index in [1.807, 2.05) is 12.1 Å². The van der Waals surface area contributed by atoms with Crippen molar-refractivity contribution in [1.82, 2.24) is 0 Å². The molecule has 1 saturated heterocycles. The van der Waals surface area contributed by atoms with E-state index in [9.17, 15) is 9.90 Å². The molecule has 2 atom stereocenters. The summed E-state index contributed by atoms with van der Waals surface area (Å²) in [6.45, 7) is 2.77. The summed E-state index contributed by atoms with van der Waals surface area (Å²) in [5, 5.41) is 12.7. The quantitative estimate of drug-likeness (QED) is 0.875. The maximum atomic E-state index is 11.7. The zero-order valence-corrected chi connectivity index (χ0v) is 12.2. The molecule has 7 heteroatoms. The lowest BCUT2D eigenvalue weighted by Crippen LogP contribution is -2.58. The van der Waals surface area contributed by atoms with Crippen molar-refractivity contribution < 1.29 is 24.1 Å². The summed E-state index contributed by atoms with van der Waals surface area (Å²) in [6.07, 6.45) is 0.943. The maximum Gasteiger partial charge on any atom is 0.342 e. The molecular weight excluding hydrogens is 288 g/mol. The molecule has 3 rings (SSSR count). The van der Waals surface area contributed by atoms with Gasteiger partial charge in [-0.15, -0.1) is 0 Å². The lowest BCUT2D eigenvalue weighted by atomic mass is 9.98. The van der Waals surface area contributed by atoms with Crippen LogP contribution in [0.2, 0.25) is 0 Å². The molecule has 7 nitrogen and oxygen atoms in total. The lowest BCUT2D eigenvalue weighted by Gasteiger charge is -2.39. The van der Waals surface area contributed by atoms with Gasteiger partial charge in [-0.2, -0.15) is 0 Å². The SMILES string of the molecule is CCC1(C(=O)O)OCCOC1Oc1cccc2c1C=NCN2. The van der Waals surface area contributed by atoms with Crippen molar-refractivity contribution in [3.63, 3.8) is 0 Å². The van der Waals surface area contributed by atoms with E-state index >= 15 is 0 Å². The number of nitrogens with zero attached hydrogens (tertiary/aromatic N) is 1. The minimum absolute atomic E-state index is 0.232. The van der Waals surface area contributed by atoms with E-state index in [0.29, 0.717) is 19.0 Å². The molecule has 0 aromatic heterocycles. The number of carbonyl (C=O) groups is 1. The van der Waals surface area contributed by atoms with Crippen molar-refractivity contribution in [3.8, 4) is 5.75 Å². The molecule has 0 spiro atoms. The molecule has 2 heterocycles. The first-order valence-corrected chi connectivity index (χ1v) is 7.19. The van der Waals surface area contributed by atoms with Gasteiger partial charge in [0.15, 0.2) is 0 Å². The van der Waals surface area contributed by atoms with Crippen molar-refractivity contribution in [3.05, 3.63) is 23.8 Å². The molecule has 1 fully saturated rings. The van der Waals surface area contributed by atoms with Gasteiger partial charge >= 0.3 is 5.97 Å². The summed E-state index contributed by atoms with van der Waals surface area (Å²) in [4.78, 5) is 15.8. The van der Waals surface area contributed by atoms with Crippen molar-refractivity contribution >= 4 is 17.9 Å². The molecule has 118 valence electrons. The Morgan fingerprint density at radius 3 is 3.18 bits per heavy atom. The van der Waals surface area contributed by atoms with Crippen LogP contribution in [-0.4, -0.2) is 49.1 Å². The number of anilines is 1. The van der Waals surface area contributed by atoms with Gasteiger partial charge in [0.25, 0.3) is 0 Å². The number of hydrogen-bond donors (Lipinski definition) is 2. The van der Waals surface area contributed by atoms with E-state index in [1.54, 1.807) is 19.2 Å². The second kappa shape index (κ2) is 5.94. The fourth-order valence-electron chi connectivity index (χ4n) is 2.61. The first-order valence-electron chi connectivity index (χ1n) is 7.19. The van der Waals surface area contributed by atoms with Crippen LogP contribution >= 0.6 is 0 Å². The van der Waals surface area contributed by atoms with E-state index in [4.69, 9.17) is 14.2 Å². The fourth-order valence-corrected chi connectivity index (χ4v) is 2.61. The lowest BCUT2D eigenvalue weighted by molar-refractivity contribution is -0.266. The molecule has 0 saturated carbocycles. The number of carboxylic acids is 1. The van der Waals surface area contributed by atoms with Gasteiger partial charge in [-0.3, -0.25) is 4.99 Å². The average molecular weight is 306 g/mol. The Bertz CT molecular complexity index is 604. The minimum atomic E-state index is -1.50. The first kappa shape index (κ1) is 14.8. The van der Waals surface area contributed by atoms with Gasteiger partial charge in [0, 0.05) is 11.9 Å². The van der Waals surface area contributed by atoms with Gasteiger partial charge in [-0.05, 0) is 18.6 Å². The van der Waals surface area contributed by atoms with E-state index in [1.165, 1.54) is 0 Å². The molecule has 2 aliphatic heterocycles. The highest BCUT2D eigenvalue weighted by Gasteiger charge is 2.51. The first-order chi connectivity index (χ1) is 10.7. The Balaban J connectivity index is 1.92. The molecule has 0 aliphatic carbocycles. The highest BCUT2D eigenvalue weighted by molar-refractivity contribution is 5.92. The Morgan fingerprint density at radius 1 is 1.55 bits per heavy atom. The predicted octanol–water partition coefficient (Wildman–Crippen LogP) is 1.47. The van der Waals surface area contributed by atoms with Crippen LogP contribution in [0.15, 0.2) is 23.2 Å². The summed E-state index contributed by atoms with van der Waals surface area (Å²) in [5.41, 5.74) is 0.167. The van der Waals surface area contributed by atoms with Crippen LogP contribution in [-0.2, 0) is 14.3 Å². The highest BCUT2D eigenvalue weighted by Crippen LogP contribution is 2.33. The van der Waals surface area contributed by atoms with Gasteiger partial charge in [0.05, 0.1) is 18.8 Å². The van der Waals surface area contributed by atoms with Crippen molar-refractivity contribution in [2.24, 2.45) is 4.99 Å². The molecule has 22 heavy (non-hydrogen) atoms. The van der Waals surface area contributed by atoms with Gasteiger partial charge in [0.2, 0.25) is 11.9 Å². The van der Waals surface area contributed by atoms with Crippen LogP contribution < -0.4 is 10.1 Å². The summed E-state index contributed by atoms with van der Waals surface area (Å²) in [6, 6.07) is 5.51. The number of hydrogen-bond acceptors (Lipinski definition) is 6. The predicted molar refractivity (Wildman–Crippen MR) is 79.5 cm³/mol. The van der Waals surface area contributed by atoms with Gasteiger partial charge in [-0.25, -0.2) is 4.79 Å². The van der Waals surface area contributed by atoms with Crippen LogP contribution in [0.3, 0.4) is 0 Å². The monoisotopic (exact) mass is 306 g/mol. The molecule has 0 radical (unpaired) electrons. The summed E-state index contributed by atoms with van der Waals surface area (Å²) in [7, 11) is 0. The van der Waals surface area contributed by atoms with Crippen molar-refractivity contribution in [2.45, 2.75) is 25.2 Å². The molecule has 1 aromatic carbocycles. The van der Waals surface area contributed by atoms with Gasteiger partial charge in [0.1, 0.15) is 12.4 Å². The van der Waals surface area contributed by atoms with Crippen molar-refractivity contribution in [1.29, 1.82) is 0 Å². The maximum absolute atomic E-state index is 11.7. The molecule has 0 amide bonds. The third-order valence-corrected chi connectivity index (χ3v) is 3.86. The third-order valence-electron chi connectivity index (χ3n) is 3.86. The minimum Gasteiger partial charge on any atom is -0.479 e. The summed E-state index contributed by atoms with van der Waals surface area (Å²) >= 11 is 0. The summed E-state index contributed by atoms with van der Waals surface area (Å²) in [5.74, 6) is -0.570. The number of ether oxygens (including phenoxy) is 3. The molecule has 2 aliphatic rings. The topological polar surface area (TPSA) is 89.4 Å². The Labute approximate surface area is 127 Å². The largest absolute Gasteiger partial charge is 0.479 e. The number of aliphatic carboxylic acids is 1. The van der Waals surface area contributed by atoms with E-state index in [-0.39, 0.29) is 13.0 Å². The van der Waals surface area contributed by atoms with Crippen LogP contribution in [0, 0.1) is 0 Å². The third kappa shape index (κ3) is 2.42. The molecule has 1 aromatic rings. The Hall–Kier alpha value is -2.12. The van der Waals surface area contributed by atoms with Crippen molar-refractivity contribution in [2.75, 3.05) is 25.2 Å². The average Bonchev–Trinajstić information content (AvgIpc) is 2.55. The van der Waals surface area contributed by atoms with E-state index in [2.05, 4.69) is 10.3 Å². The van der Waals surface area contributed by atoms with Crippen LogP contribution in [0.4, 0.5) is 5.69 Å². The normalized spacial score (nSPS) is 26.9. The Kier molecular flexibility index (Phi) is 4.00. The van der Waals surface area contributed by atoms with E-state index in [0.717, 1.165) is 11.3 Å². The van der Waals surface area contributed by atoms with Crippen LogP contribution in [0.25, 0.3) is 0 Å². The number of rotatable bonds is 4.